The molecule has 2 heterocycles. The molecular weight excluding hydrogens is 305 g/mol. The van der Waals surface area contributed by atoms with Gasteiger partial charge in [-0.3, -0.25) is 4.90 Å². The van der Waals surface area contributed by atoms with Gasteiger partial charge in [0.15, 0.2) is 0 Å². The van der Waals surface area contributed by atoms with Crippen LogP contribution in [0.1, 0.15) is 42.0 Å². The van der Waals surface area contributed by atoms with Crippen LogP contribution in [0.2, 0.25) is 0 Å². The first-order valence-electron chi connectivity index (χ1n) is 8.37. The monoisotopic (exact) mass is 327 g/mol. The molecule has 5 nitrogen and oxygen atoms in total. The summed E-state index contributed by atoms with van der Waals surface area (Å²) in [7, 11) is 0. The Labute approximate surface area is 141 Å². The van der Waals surface area contributed by atoms with Gasteiger partial charge in [-0.05, 0) is 50.9 Å². The maximum absolute atomic E-state index is 13.3. The van der Waals surface area contributed by atoms with Gasteiger partial charge in [0.25, 0.3) is 0 Å². The Bertz CT molecular complexity index is 761. The third-order valence-corrected chi connectivity index (χ3v) is 4.66. The van der Waals surface area contributed by atoms with E-state index in [0.29, 0.717) is 18.2 Å². The number of nitrogens with zero attached hydrogens (tertiary/aromatic N) is 5. The number of piperidine rings is 1. The molecule has 0 radical (unpaired) electrons. The van der Waals surface area contributed by atoms with Gasteiger partial charge >= 0.3 is 0 Å². The molecule has 1 aliphatic heterocycles. The zero-order valence-electron chi connectivity index (χ0n) is 14.2. The fourth-order valence-corrected chi connectivity index (χ4v) is 3.42. The number of aromatic nitrogens is 3. The second-order valence-corrected chi connectivity index (χ2v) is 6.42. The zero-order chi connectivity index (χ0) is 17.1. The van der Waals surface area contributed by atoms with Crippen LogP contribution >= 0.6 is 0 Å². The molecule has 0 bridgehead atoms. The van der Waals surface area contributed by atoms with E-state index in [4.69, 9.17) is 0 Å². The van der Waals surface area contributed by atoms with Crippen molar-refractivity contribution in [3.05, 3.63) is 46.8 Å². The Morgan fingerprint density at radius 2 is 2.17 bits per heavy atom. The van der Waals surface area contributed by atoms with Crippen molar-refractivity contribution in [3.63, 3.8) is 0 Å². The van der Waals surface area contributed by atoms with Crippen LogP contribution in [0.5, 0.6) is 0 Å². The highest BCUT2D eigenvalue weighted by Gasteiger charge is 2.24. The van der Waals surface area contributed by atoms with Crippen LogP contribution in [-0.2, 0) is 13.1 Å². The van der Waals surface area contributed by atoms with Gasteiger partial charge in [-0.1, -0.05) is 12.5 Å². The first kappa shape index (κ1) is 16.6. The highest BCUT2D eigenvalue weighted by atomic mass is 19.1. The van der Waals surface area contributed by atoms with Crippen LogP contribution in [0.15, 0.2) is 18.2 Å². The van der Waals surface area contributed by atoms with Gasteiger partial charge < -0.3 is 0 Å². The van der Waals surface area contributed by atoms with Crippen molar-refractivity contribution in [1.29, 1.82) is 5.26 Å². The lowest BCUT2D eigenvalue weighted by molar-refractivity contribution is 0.121. The molecular formula is C18H22FN5. The van der Waals surface area contributed by atoms with E-state index in [1.54, 1.807) is 6.07 Å². The first-order valence-corrected chi connectivity index (χ1v) is 8.37. The topological polar surface area (TPSA) is 57.7 Å². The van der Waals surface area contributed by atoms with Crippen molar-refractivity contribution in [2.24, 2.45) is 0 Å². The van der Waals surface area contributed by atoms with Crippen molar-refractivity contribution < 1.29 is 4.39 Å². The second kappa shape index (κ2) is 7.10. The molecule has 3 rings (SSSR count). The average molecular weight is 327 g/mol. The lowest BCUT2D eigenvalue weighted by Gasteiger charge is -2.36. The summed E-state index contributed by atoms with van der Waals surface area (Å²) in [6.07, 6.45) is 3.44. The van der Waals surface area contributed by atoms with Crippen LogP contribution in [-0.4, -0.2) is 32.3 Å². The van der Waals surface area contributed by atoms with Gasteiger partial charge in [-0.2, -0.15) is 10.4 Å². The van der Waals surface area contributed by atoms with Gasteiger partial charge in [0, 0.05) is 12.6 Å². The normalized spacial score (nSPS) is 18.5. The van der Waals surface area contributed by atoms with Gasteiger partial charge in [-0.15, -0.1) is 0 Å². The number of likely N-dealkylation sites (tertiary alicyclic amines) is 1. The maximum Gasteiger partial charge on any atom is 0.147 e. The van der Waals surface area contributed by atoms with Crippen LogP contribution in [0, 0.1) is 31.0 Å². The molecule has 1 atom stereocenters. The Hall–Kier alpha value is -2.26. The number of aryl methyl sites for hydroxylation is 2. The second-order valence-electron chi connectivity index (χ2n) is 6.42. The molecule has 1 unspecified atom stereocenters. The highest BCUT2D eigenvalue weighted by molar-refractivity contribution is 5.37. The minimum atomic E-state index is -0.362. The number of rotatable bonds is 4. The quantitative estimate of drug-likeness (QED) is 0.866. The molecule has 1 fully saturated rings. The molecule has 24 heavy (non-hydrogen) atoms. The molecule has 126 valence electrons. The third kappa shape index (κ3) is 3.62. The van der Waals surface area contributed by atoms with E-state index >= 15 is 0 Å². The van der Waals surface area contributed by atoms with Crippen LogP contribution in [0.4, 0.5) is 4.39 Å². The van der Waals surface area contributed by atoms with Crippen LogP contribution in [0.25, 0.3) is 0 Å². The summed E-state index contributed by atoms with van der Waals surface area (Å²) >= 11 is 0. The molecule has 0 amide bonds. The predicted molar refractivity (Wildman–Crippen MR) is 88.7 cm³/mol. The predicted octanol–water partition coefficient (Wildman–Crippen LogP) is 2.96. The van der Waals surface area contributed by atoms with Crippen molar-refractivity contribution >= 4 is 0 Å². The van der Waals surface area contributed by atoms with Gasteiger partial charge in [0.05, 0.1) is 18.2 Å². The van der Waals surface area contributed by atoms with E-state index in [1.165, 1.54) is 18.6 Å². The van der Waals surface area contributed by atoms with E-state index in [9.17, 15) is 9.65 Å². The molecule has 0 saturated carbocycles. The highest BCUT2D eigenvalue weighted by Crippen LogP contribution is 2.23. The standard InChI is InChI=1S/C18H22FN5/c1-13-21-14(2)24(22-13)12-18-5-3-4-8-23(18)11-15-6-7-17(19)9-16(15)10-20/h6-7,9,18H,3-5,8,11-12H2,1-2H3. The van der Waals surface area contributed by atoms with E-state index in [0.717, 1.165) is 43.1 Å². The minimum Gasteiger partial charge on any atom is -0.294 e. The number of benzene rings is 1. The van der Waals surface area contributed by atoms with E-state index < -0.39 is 0 Å². The maximum atomic E-state index is 13.3. The van der Waals surface area contributed by atoms with E-state index in [1.807, 2.05) is 18.5 Å². The summed E-state index contributed by atoms with van der Waals surface area (Å²) in [5.74, 6) is 1.36. The molecule has 0 aliphatic carbocycles. The molecule has 1 saturated heterocycles. The molecule has 1 aromatic heterocycles. The van der Waals surface area contributed by atoms with E-state index in [-0.39, 0.29) is 5.82 Å². The van der Waals surface area contributed by atoms with Crippen molar-refractivity contribution in [3.8, 4) is 6.07 Å². The fourth-order valence-electron chi connectivity index (χ4n) is 3.42. The first-order chi connectivity index (χ1) is 11.6. The van der Waals surface area contributed by atoms with Crippen molar-refractivity contribution in [2.45, 2.75) is 52.2 Å². The smallest absolute Gasteiger partial charge is 0.147 e. The average Bonchev–Trinajstić information content (AvgIpc) is 2.88. The number of halogens is 1. The molecule has 0 N–H and O–H groups in total. The SMILES string of the molecule is Cc1nc(C)n(CC2CCCCN2Cc2ccc(F)cc2C#N)n1. The molecule has 1 aromatic carbocycles. The summed E-state index contributed by atoms with van der Waals surface area (Å²) in [6, 6.07) is 6.94. The van der Waals surface area contributed by atoms with Gasteiger partial charge in [0.1, 0.15) is 17.5 Å². The molecule has 0 spiro atoms. The summed E-state index contributed by atoms with van der Waals surface area (Å²) in [5, 5.41) is 13.7. The molecule has 1 aliphatic rings. The number of hydrogen-bond donors (Lipinski definition) is 0. The lowest BCUT2D eigenvalue weighted by atomic mass is 9.99. The zero-order valence-corrected chi connectivity index (χ0v) is 14.2. The largest absolute Gasteiger partial charge is 0.294 e. The van der Waals surface area contributed by atoms with Crippen molar-refractivity contribution in [1.82, 2.24) is 19.7 Å². The fraction of sp³-hybridized carbons (Fsp3) is 0.500. The Morgan fingerprint density at radius 1 is 1.33 bits per heavy atom. The summed E-state index contributed by atoms with van der Waals surface area (Å²) in [6.45, 7) is 6.33. The number of hydrogen-bond acceptors (Lipinski definition) is 4. The van der Waals surface area contributed by atoms with Crippen LogP contribution in [0.3, 0.4) is 0 Å². The number of nitriles is 1. The third-order valence-electron chi connectivity index (χ3n) is 4.66. The van der Waals surface area contributed by atoms with Gasteiger partial charge in [-0.25, -0.2) is 14.1 Å². The Kier molecular flexibility index (Phi) is 4.91. The lowest BCUT2D eigenvalue weighted by Crippen LogP contribution is -2.42. The van der Waals surface area contributed by atoms with Crippen molar-refractivity contribution in [2.75, 3.05) is 6.54 Å². The van der Waals surface area contributed by atoms with Gasteiger partial charge in [0.2, 0.25) is 0 Å². The summed E-state index contributed by atoms with van der Waals surface area (Å²) in [4.78, 5) is 6.75. The summed E-state index contributed by atoms with van der Waals surface area (Å²) in [5.41, 5.74) is 1.31. The van der Waals surface area contributed by atoms with E-state index in [2.05, 4.69) is 21.1 Å². The van der Waals surface area contributed by atoms with Crippen LogP contribution < -0.4 is 0 Å². The Morgan fingerprint density at radius 3 is 2.88 bits per heavy atom. The summed E-state index contributed by atoms with van der Waals surface area (Å²) < 4.78 is 15.3. The molecule has 6 heteroatoms. The Balaban J connectivity index is 1.78. The minimum absolute atomic E-state index is 0.357. The molecule has 2 aromatic rings.